The second-order valence-corrected chi connectivity index (χ2v) is 4.80. The van der Waals surface area contributed by atoms with Crippen molar-refractivity contribution in [2.45, 2.75) is 25.8 Å². The number of carbonyl (C=O) groups is 2. The zero-order valence-electron chi connectivity index (χ0n) is 11.9. The van der Waals surface area contributed by atoms with Gasteiger partial charge >= 0.3 is 5.97 Å². The maximum Gasteiger partial charge on any atom is 0.338 e. The van der Waals surface area contributed by atoms with Crippen molar-refractivity contribution >= 4 is 23.8 Å². The van der Waals surface area contributed by atoms with Crippen molar-refractivity contribution in [2.75, 3.05) is 18.1 Å². The molecular weight excluding hydrogens is 272 g/mol. The van der Waals surface area contributed by atoms with Gasteiger partial charge in [0.2, 0.25) is 5.91 Å². The Hall–Kier alpha value is -2.21. The topological polar surface area (TPSA) is 92.4 Å². The van der Waals surface area contributed by atoms with Crippen LogP contribution in [0.4, 0.5) is 5.69 Å². The van der Waals surface area contributed by atoms with Gasteiger partial charge in [0.15, 0.2) is 6.21 Å². The number of amides is 1. The third-order valence-electron chi connectivity index (χ3n) is 3.51. The molecule has 0 aliphatic carbocycles. The average Bonchev–Trinajstić information content (AvgIpc) is 2.87. The van der Waals surface area contributed by atoms with Crippen LogP contribution >= 0.6 is 0 Å². The fourth-order valence-electron chi connectivity index (χ4n) is 2.50. The second-order valence-electron chi connectivity index (χ2n) is 4.80. The normalized spacial score (nSPS) is 17.9. The number of hydrogen-bond acceptors (Lipinski definition) is 4. The molecule has 0 radical (unpaired) electrons. The van der Waals surface area contributed by atoms with Gasteiger partial charge in [-0.2, -0.15) is 0 Å². The van der Waals surface area contributed by atoms with Gasteiger partial charge in [-0.05, 0) is 31.5 Å². The molecule has 0 aromatic heterocycles. The summed E-state index contributed by atoms with van der Waals surface area (Å²) in [5.74, 6) is -0.486. The van der Waals surface area contributed by atoms with E-state index in [0.717, 1.165) is 0 Å². The predicted octanol–water partition coefficient (Wildman–Crippen LogP) is -0.471. The number of aliphatic hydroxyl groups excluding tert-OH is 1. The quantitative estimate of drug-likeness (QED) is 0.566. The molecule has 2 rings (SSSR count). The number of anilines is 1. The van der Waals surface area contributed by atoms with Crippen molar-refractivity contribution in [3.63, 3.8) is 0 Å². The number of hydrogen-bond donors (Lipinski definition) is 2. The number of benzene rings is 1. The predicted molar refractivity (Wildman–Crippen MR) is 77.1 cm³/mol. The number of nitrogens with zero attached hydrogens (tertiary/aromatic N) is 1. The number of aliphatic hydroxyl groups is 1. The average molecular weight is 291 g/mol. The summed E-state index contributed by atoms with van der Waals surface area (Å²) in [5.41, 5.74) is 1.55. The molecule has 112 valence electrons. The highest BCUT2D eigenvalue weighted by Crippen LogP contribution is 2.29. The summed E-state index contributed by atoms with van der Waals surface area (Å²) >= 11 is 0. The molecule has 21 heavy (non-hydrogen) atoms. The maximum atomic E-state index is 12.0. The molecule has 6 heteroatoms. The Bertz CT molecular complexity index is 571. The Morgan fingerprint density at radius 1 is 1.57 bits per heavy atom. The van der Waals surface area contributed by atoms with Crippen molar-refractivity contribution in [1.82, 2.24) is 0 Å². The smallest absolute Gasteiger partial charge is 0.338 e. The molecule has 1 aromatic rings. The number of nitrogens with two attached hydrogens (primary N) is 1. The monoisotopic (exact) mass is 291 g/mol. The SMILES string of the molecule is CCOC(=O)c1ccc(N2C(=O)CCC2CO)c(C=[NH2+])c1. The van der Waals surface area contributed by atoms with Crippen LogP contribution in [0.1, 0.15) is 35.7 Å². The first-order chi connectivity index (χ1) is 10.1. The van der Waals surface area contributed by atoms with Crippen LogP contribution in [0.5, 0.6) is 0 Å². The Labute approximate surface area is 122 Å². The first kappa shape index (κ1) is 15.2. The van der Waals surface area contributed by atoms with Gasteiger partial charge in [-0.1, -0.05) is 0 Å². The zero-order valence-corrected chi connectivity index (χ0v) is 11.9. The standard InChI is InChI=1S/C15H18N2O4/c1-2-21-15(20)10-3-5-13(11(7-10)8-16)17-12(9-18)4-6-14(17)19/h3,5,7-8,12,16,18H,2,4,6,9H2,1H3/p+1. The Balaban J connectivity index is 2.38. The van der Waals surface area contributed by atoms with E-state index in [4.69, 9.17) is 10.1 Å². The highest BCUT2D eigenvalue weighted by molar-refractivity contribution is 6.02. The number of rotatable bonds is 5. The minimum Gasteiger partial charge on any atom is -0.462 e. The van der Waals surface area contributed by atoms with Crippen LogP contribution in [0.3, 0.4) is 0 Å². The molecule has 1 amide bonds. The van der Waals surface area contributed by atoms with Gasteiger partial charge in [0.1, 0.15) is 0 Å². The molecule has 1 saturated heterocycles. The van der Waals surface area contributed by atoms with E-state index in [1.165, 1.54) is 6.21 Å². The van der Waals surface area contributed by atoms with Crippen LogP contribution in [0.25, 0.3) is 0 Å². The van der Waals surface area contributed by atoms with Crippen molar-refractivity contribution in [3.8, 4) is 0 Å². The Morgan fingerprint density at radius 3 is 2.95 bits per heavy atom. The van der Waals surface area contributed by atoms with Gasteiger partial charge in [-0.3, -0.25) is 10.2 Å². The third-order valence-corrected chi connectivity index (χ3v) is 3.51. The molecule has 1 aromatic carbocycles. The summed E-state index contributed by atoms with van der Waals surface area (Å²) < 4.78 is 4.94. The largest absolute Gasteiger partial charge is 0.462 e. The van der Waals surface area contributed by atoms with Crippen molar-refractivity contribution < 1.29 is 24.8 Å². The number of esters is 1. The molecule has 1 aliphatic rings. The lowest BCUT2D eigenvalue weighted by Gasteiger charge is -2.24. The Morgan fingerprint density at radius 2 is 2.33 bits per heavy atom. The number of carbonyl (C=O) groups excluding carboxylic acids is 2. The van der Waals surface area contributed by atoms with Crippen molar-refractivity contribution in [1.29, 1.82) is 0 Å². The van der Waals surface area contributed by atoms with E-state index in [0.29, 0.717) is 36.3 Å². The lowest BCUT2D eigenvalue weighted by molar-refractivity contribution is -0.117. The molecule has 1 unspecified atom stereocenters. The minimum absolute atomic E-state index is 0.0546. The van der Waals surface area contributed by atoms with E-state index in [1.807, 2.05) is 0 Å². The van der Waals surface area contributed by atoms with Crippen LogP contribution in [0.15, 0.2) is 18.2 Å². The van der Waals surface area contributed by atoms with E-state index in [1.54, 1.807) is 30.0 Å². The van der Waals surface area contributed by atoms with Gasteiger partial charge in [0.05, 0.1) is 36.1 Å². The maximum absolute atomic E-state index is 12.0. The van der Waals surface area contributed by atoms with Gasteiger partial charge in [0, 0.05) is 6.42 Å². The van der Waals surface area contributed by atoms with Gasteiger partial charge in [-0.25, -0.2) is 4.79 Å². The summed E-state index contributed by atoms with van der Waals surface area (Å²) in [5, 5.41) is 15.0. The summed E-state index contributed by atoms with van der Waals surface area (Å²) in [6.45, 7) is 1.92. The van der Waals surface area contributed by atoms with Crippen LogP contribution in [0, 0.1) is 0 Å². The molecule has 0 saturated carbocycles. The first-order valence-electron chi connectivity index (χ1n) is 6.91. The van der Waals surface area contributed by atoms with Crippen LogP contribution in [0.2, 0.25) is 0 Å². The lowest BCUT2D eigenvalue weighted by Crippen LogP contribution is -2.38. The molecule has 0 spiro atoms. The molecule has 1 aliphatic heterocycles. The molecule has 0 bridgehead atoms. The zero-order chi connectivity index (χ0) is 15.4. The van der Waals surface area contributed by atoms with Crippen LogP contribution < -0.4 is 10.3 Å². The summed E-state index contributed by atoms with van der Waals surface area (Å²) in [6, 6.07) is 4.61. The summed E-state index contributed by atoms with van der Waals surface area (Å²) in [4.78, 5) is 25.3. The van der Waals surface area contributed by atoms with E-state index in [9.17, 15) is 14.7 Å². The van der Waals surface area contributed by atoms with E-state index >= 15 is 0 Å². The molecule has 1 atom stereocenters. The molecule has 3 N–H and O–H groups in total. The van der Waals surface area contributed by atoms with Crippen LogP contribution in [-0.4, -0.2) is 42.5 Å². The van der Waals surface area contributed by atoms with Crippen LogP contribution in [-0.2, 0) is 9.53 Å². The first-order valence-corrected chi connectivity index (χ1v) is 6.91. The third kappa shape index (κ3) is 2.95. The number of ether oxygens (including phenoxy) is 1. The Kier molecular flexibility index (Phi) is 4.70. The summed E-state index contributed by atoms with van der Waals surface area (Å²) in [6.07, 6.45) is 2.35. The van der Waals surface area contributed by atoms with E-state index in [-0.39, 0.29) is 18.6 Å². The highest BCUT2D eigenvalue weighted by atomic mass is 16.5. The van der Waals surface area contributed by atoms with Gasteiger partial charge in [0.25, 0.3) is 0 Å². The molecule has 6 nitrogen and oxygen atoms in total. The molecule has 1 fully saturated rings. The highest BCUT2D eigenvalue weighted by Gasteiger charge is 2.33. The second kappa shape index (κ2) is 6.49. The van der Waals surface area contributed by atoms with Crippen molar-refractivity contribution in [3.05, 3.63) is 29.3 Å². The summed E-state index contributed by atoms with van der Waals surface area (Å²) in [7, 11) is 0. The lowest BCUT2D eigenvalue weighted by atomic mass is 10.1. The molecular formula is C15H19N2O4+. The van der Waals surface area contributed by atoms with Gasteiger partial charge in [-0.15, -0.1) is 0 Å². The van der Waals surface area contributed by atoms with Crippen molar-refractivity contribution in [2.24, 2.45) is 0 Å². The molecule has 1 heterocycles. The fraction of sp³-hybridized carbons (Fsp3) is 0.400. The fourth-order valence-corrected chi connectivity index (χ4v) is 2.50. The van der Waals surface area contributed by atoms with Gasteiger partial charge < -0.3 is 14.7 Å². The van der Waals surface area contributed by atoms with E-state index in [2.05, 4.69) is 0 Å². The van der Waals surface area contributed by atoms with E-state index < -0.39 is 5.97 Å². The minimum atomic E-state index is -0.432.